The van der Waals surface area contributed by atoms with Gasteiger partial charge in [0.2, 0.25) is 5.91 Å². The number of carbonyl (C=O) groups is 1. The van der Waals surface area contributed by atoms with Gasteiger partial charge in [0.1, 0.15) is 0 Å². The molecule has 0 aliphatic heterocycles. The molecule has 0 bridgehead atoms. The summed E-state index contributed by atoms with van der Waals surface area (Å²) in [5, 5.41) is 12.7. The summed E-state index contributed by atoms with van der Waals surface area (Å²) in [6.45, 7) is 0.00292. The van der Waals surface area contributed by atoms with Gasteiger partial charge in [-0.2, -0.15) is 0 Å². The minimum Gasteiger partial charge on any atom is -0.392 e. The summed E-state index contributed by atoms with van der Waals surface area (Å²) in [4.78, 5) is 12.5. The molecule has 21 heavy (non-hydrogen) atoms. The van der Waals surface area contributed by atoms with Crippen molar-refractivity contribution in [2.24, 2.45) is 0 Å². The first kappa shape index (κ1) is 14.1. The van der Waals surface area contributed by atoms with E-state index in [1.165, 1.54) is 0 Å². The third-order valence-corrected chi connectivity index (χ3v) is 4.23. The van der Waals surface area contributed by atoms with Gasteiger partial charge in [0.15, 0.2) is 0 Å². The van der Waals surface area contributed by atoms with Crippen LogP contribution in [0.4, 0.5) is 5.69 Å². The Morgan fingerprint density at radius 1 is 1.10 bits per heavy atom. The first-order chi connectivity index (χ1) is 10.1. The number of hydrogen-bond donors (Lipinski definition) is 2. The Bertz CT molecular complexity index is 645. The largest absolute Gasteiger partial charge is 0.392 e. The van der Waals surface area contributed by atoms with Crippen molar-refractivity contribution in [3.63, 3.8) is 0 Å². The molecular weight excluding hydrogens is 286 g/mol. The van der Waals surface area contributed by atoms with Gasteiger partial charge in [-0.3, -0.25) is 4.79 Å². The molecule has 1 amide bonds. The van der Waals surface area contributed by atoms with Gasteiger partial charge in [-0.25, -0.2) is 0 Å². The standard InChI is InChI=1S/C17H16ClNO2/c18-14-5-3-13(4-6-14)17(9-10-17)16(21)19-15-7-1-12(11-20)2-8-15/h1-8,20H,9-11H2,(H,19,21). The Kier molecular flexibility index (Phi) is 3.70. The second-order valence-electron chi connectivity index (χ2n) is 5.40. The van der Waals surface area contributed by atoms with Crippen LogP contribution in [0.15, 0.2) is 48.5 Å². The van der Waals surface area contributed by atoms with E-state index in [1.807, 2.05) is 24.3 Å². The zero-order valence-electron chi connectivity index (χ0n) is 11.5. The highest BCUT2D eigenvalue weighted by molar-refractivity contribution is 6.30. The Morgan fingerprint density at radius 3 is 2.24 bits per heavy atom. The molecule has 0 radical (unpaired) electrons. The highest BCUT2D eigenvalue weighted by atomic mass is 35.5. The summed E-state index contributed by atoms with van der Waals surface area (Å²) >= 11 is 5.90. The average Bonchev–Trinajstić information content (AvgIpc) is 3.30. The summed E-state index contributed by atoms with van der Waals surface area (Å²) in [6.07, 6.45) is 1.71. The lowest BCUT2D eigenvalue weighted by Gasteiger charge is -2.16. The summed E-state index contributed by atoms with van der Waals surface area (Å²) in [6, 6.07) is 14.7. The fraction of sp³-hybridized carbons (Fsp3) is 0.235. The van der Waals surface area contributed by atoms with Gasteiger partial charge in [-0.15, -0.1) is 0 Å². The van der Waals surface area contributed by atoms with Crippen molar-refractivity contribution in [3.05, 3.63) is 64.7 Å². The number of rotatable bonds is 4. The van der Waals surface area contributed by atoms with Gasteiger partial charge in [0, 0.05) is 10.7 Å². The first-order valence-corrected chi connectivity index (χ1v) is 7.29. The van der Waals surface area contributed by atoms with E-state index in [2.05, 4.69) is 5.32 Å². The topological polar surface area (TPSA) is 49.3 Å². The van der Waals surface area contributed by atoms with Gasteiger partial charge in [-0.1, -0.05) is 35.9 Å². The lowest BCUT2D eigenvalue weighted by molar-refractivity contribution is -0.118. The fourth-order valence-corrected chi connectivity index (χ4v) is 2.61. The van der Waals surface area contributed by atoms with Crippen LogP contribution in [0.1, 0.15) is 24.0 Å². The average molecular weight is 302 g/mol. The van der Waals surface area contributed by atoms with Crippen molar-refractivity contribution in [2.45, 2.75) is 24.9 Å². The summed E-state index contributed by atoms with van der Waals surface area (Å²) in [7, 11) is 0. The van der Waals surface area contributed by atoms with E-state index < -0.39 is 5.41 Å². The minimum atomic E-state index is -0.416. The van der Waals surface area contributed by atoms with Crippen LogP contribution in [0.2, 0.25) is 5.02 Å². The van der Waals surface area contributed by atoms with Gasteiger partial charge in [0.05, 0.1) is 12.0 Å². The SMILES string of the molecule is O=C(Nc1ccc(CO)cc1)C1(c2ccc(Cl)cc2)CC1. The van der Waals surface area contributed by atoms with Crippen molar-refractivity contribution in [1.82, 2.24) is 0 Å². The van der Waals surface area contributed by atoms with E-state index in [4.69, 9.17) is 16.7 Å². The molecule has 3 rings (SSSR count). The van der Waals surface area contributed by atoms with Gasteiger partial charge in [-0.05, 0) is 48.2 Å². The number of hydrogen-bond acceptors (Lipinski definition) is 2. The molecule has 2 N–H and O–H groups in total. The van der Waals surface area contributed by atoms with Crippen molar-refractivity contribution < 1.29 is 9.90 Å². The van der Waals surface area contributed by atoms with Crippen LogP contribution in [0.5, 0.6) is 0 Å². The molecular formula is C17H16ClNO2. The molecule has 0 atom stereocenters. The van der Waals surface area contributed by atoms with E-state index in [-0.39, 0.29) is 12.5 Å². The molecule has 1 saturated carbocycles. The normalized spacial score (nSPS) is 15.5. The molecule has 108 valence electrons. The quantitative estimate of drug-likeness (QED) is 0.908. The van der Waals surface area contributed by atoms with Crippen molar-refractivity contribution >= 4 is 23.2 Å². The van der Waals surface area contributed by atoms with E-state index >= 15 is 0 Å². The molecule has 1 aliphatic rings. The lowest BCUT2D eigenvalue weighted by Crippen LogP contribution is -2.27. The maximum atomic E-state index is 12.5. The fourth-order valence-electron chi connectivity index (χ4n) is 2.48. The second kappa shape index (κ2) is 5.51. The predicted octanol–water partition coefficient (Wildman–Crippen LogP) is 3.50. The Balaban J connectivity index is 1.76. The summed E-state index contributed by atoms with van der Waals surface area (Å²) in [5.74, 6) is 0.0153. The lowest BCUT2D eigenvalue weighted by atomic mass is 9.95. The number of halogens is 1. The number of amides is 1. The van der Waals surface area contributed by atoms with E-state index in [0.29, 0.717) is 5.02 Å². The number of aliphatic hydroxyl groups is 1. The van der Waals surface area contributed by atoms with E-state index in [1.54, 1.807) is 24.3 Å². The number of carbonyl (C=O) groups excluding carboxylic acids is 1. The molecule has 0 unspecified atom stereocenters. The number of aliphatic hydroxyl groups excluding tert-OH is 1. The van der Waals surface area contributed by atoms with Gasteiger partial charge in [0.25, 0.3) is 0 Å². The smallest absolute Gasteiger partial charge is 0.235 e. The monoisotopic (exact) mass is 301 g/mol. The summed E-state index contributed by atoms with van der Waals surface area (Å²) in [5.41, 5.74) is 2.17. The van der Waals surface area contributed by atoms with Crippen LogP contribution in [-0.2, 0) is 16.8 Å². The minimum absolute atomic E-state index is 0.00292. The van der Waals surface area contributed by atoms with Gasteiger partial charge >= 0.3 is 0 Å². The molecule has 1 fully saturated rings. The Labute approximate surface area is 128 Å². The molecule has 2 aromatic rings. The van der Waals surface area contributed by atoms with Crippen LogP contribution in [0.3, 0.4) is 0 Å². The highest BCUT2D eigenvalue weighted by Gasteiger charge is 2.51. The van der Waals surface area contributed by atoms with Crippen LogP contribution in [0, 0.1) is 0 Å². The van der Waals surface area contributed by atoms with Crippen LogP contribution < -0.4 is 5.32 Å². The van der Waals surface area contributed by atoms with Crippen LogP contribution in [0.25, 0.3) is 0 Å². The first-order valence-electron chi connectivity index (χ1n) is 6.91. The molecule has 1 aliphatic carbocycles. The van der Waals surface area contributed by atoms with Crippen molar-refractivity contribution in [2.75, 3.05) is 5.32 Å². The van der Waals surface area contributed by atoms with Gasteiger partial charge < -0.3 is 10.4 Å². The predicted molar refractivity (Wildman–Crippen MR) is 83.4 cm³/mol. The molecule has 4 heteroatoms. The zero-order chi connectivity index (χ0) is 14.9. The maximum absolute atomic E-state index is 12.5. The number of nitrogens with one attached hydrogen (secondary N) is 1. The van der Waals surface area contributed by atoms with Crippen LogP contribution in [-0.4, -0.2) is 11.0 Å². The number of benzene rings is 2. The van der Waals surface area contributed by atoms with Crippen molar-refractivity contribution in [3.8, 4) is 0 Å². The van der Waals surface area contributed by atoms with Crippen LogP contribution >= 0.6 is 11.6 Å². The molecule has 0 saturated heterocycles. The molecule has 3 nitrogen and oxygen atoms in total. The third-order valence-electron chi connectivity index (χ3n) is 3.98. The Morgan fingerprint density at radius 2 is 1.71 bits per heavy atom. The highest BCUT2D eigenvalue weighted by Crippen LogP contribution is 2.49. The number of anilines is 1. The molecule has 0 heterocycles. The van der Waals surface area contributed by atoms with Crippen molar-refractivity contribution in [1.29, 1.82) is 0 Å². The Hall–Kier alpha value is -1.84. The third kappa shape index (κ3) is 2.80. The molecule has 0 aromatic heterocycles. The zero-order valence-corrected chi connectivity index (χ0v) is 12.2. The van der Waals surface area contributed by atoms with E-state index in [9.17, 15) is 4.79 Å². The summed E-state index contributed by atoms with van der Waals surface area (Å²) < 4.78 is 0. The maximum Gasteiger partial charge on any atom is 0.235 e. The second-order valence-corrected chi connectivity index (χ2v) is 5.83. The van der Waals surface area contributed by atoms with E-state index in [0.717, 1.165) is 29.7 Å². The molecule has 0 spiro atoms. The molecule has 2 aromatic carbocycles.